The summed E-state index contributed by atoms with van der Waals surface area (Å²) in [6, 6.07) is 14.4. The van der Waals surface area contributed by atoms with Gasteiger partial charge in [0.1, 0.15) is 22.7 Å². The van der Waals surface area contributed by atoms with Crippen LogP contribution in [-0.4, -0.2) is 24.7 Å². The first kappa shape index (κ1) is 17.5. The maximum Gasteiger partial charge on any atom is 0.252 e. The Morgan fingerprint density at radius 2 is 2.04 bits per heavy atom. The fourth-order valence-corrected chi connectivity index (χ4v) is 2.91. The number of fused-ring (bicyclic) bond motifs is 1. The SMILES string of the molecule is COc1ccc(Br)c(C(=O)NC[C@](C)(O)c2cc3ccccc3o2)c1. The molecule has 0 aliphatic heterocycles. The Morgan fingerprint density at radius 3 is 2.76 bits per heavy atom. The second-order valence-electron chi connectivity index (χ2n) is 5.95. The molecule has 25 heavy (non-hydrogen) atoms. The van der Waals surface area contributed by atoms with Gasteiger partial charge in [0.2, 0.25) is 0 Å². The van der Waals surface area contributed by atoms with Crippen molar-refractivity contribution in [1.29, 1.82) is 0 Å². The third-order valence-corrected chi connectivity index (χ3v) is 4.66. The van der Waals surface area contributed by atoms with E-state index in [1.54, 1.807) is 31.2 Å². The molecule has 0 radical (unpaired) electrons. The second kappa shape index (κ2) is 6.90. The van der Waals surface area contributed by atoms with E-state index in [0.29, 0.717) is 27.1 Å². The van der Waals surface area contributed by atoms with Crippen LogP contribution in [0.3, 0.4) is 0 Å². The van der Waals surface area contributed by atoms with Gasteiger partial charge in [0.15, 0.2) is 0 Å². The number of ether oxygens (including phenoxy) is 1. The molecule has 6 heteroatoms. The van der Waals surface area contributed by atoms with Crippen LogP contribution in [0.15, 0.2) is 57.4 Å². The van der Waals surface area contributed by atoms with Crippen molar-refractivity contribution in [1.82, 2.24) is 5.32 Å². The molecule has 2 N–H and O–H groups in total. The largest absolute Gasteiger partial charge is 0.497 e. The van der Waals surface area contributed by atoms with Gasteiger partial charge in [-0.3, -0.25) is 4.79 Å². The quantitative estimate of drug-likeness (QED) is 0.678. The molecule has 5 nitrogen and oxygen atoms in total. The van der Waals surface area contributed by atoms with Gasteiger partial charge in [0.25, 0.3) is 5.91 Å². The normalized spacial score (nSPS) is 13.4. The topological polar surface area (TPSA) is 71.7 Å². The smallest absolute Gasteiger partial charge is 0.252 e. The standard InChI is InChI=1S/C19H18BrNO4/c1-19(23,17-9-12-5-3-4-6-16(12)25-17)11-21-18(22)14-10-13(24-2)7-8-15(14)20/h3-10,23H,11H2,1-2H3,(H,21,22)/t19-/m0/s1. The summed E-state index contributed by atoms with van der Waals surface area (Å²) in [5.74, 6) is 0.665. The van der Waals surface area contributed by atoms with Gasteiger partial charge in [-0.1, -0.05) is 18.2 Å². The molecule has 1 amide bonds. The molecule has 0 fully saturated rings. The van der Waals surface area contributed by atoms with E-state index in [1.807, 2.05) is 24.3 Å². The van der Waals surface area contributed by atoms with Crippen molar-refractivity contribution in [3.8, 4) is 5.75 Å². The Kier molecular flexibility index (Phi) is 4.83. The predicted molar refractivity (Wildman–Crippen MR) is 98.8 cm³/mol. The first-order valence-corrected chi connectivity index (χ1v) is 8.53. The number of hydrogen-bond acceptors (Lipinski definition) is 4. The molecule has 0 unspecified atom stereocenters. The highest BCUT2D eigenvalue weighted by molar-refractivity contribution is 9.10. The Balaban J connectivity index is 1.76. The molecule has 1 atom stereocenters. The van der Waals surface area contributed by atoms with Crippen LogP contribution in [0.1, 0.15) is 23.0 Å². The van der Waals surface area contributed by atoms with Gasteiger partial charge < -0.3 is 19.6 Å². The van der Waals surface area contributed by atoms with Gasteiger partial charge in [-0.2, -0.15) is 0 Å². The summed E-state index contributed by atoms with van der Waals surface area (Å²) < 4.78 is 11.5. The van der Waals surface area contributed by atoms with E-state index in [4.69, 9.17) is 9.15 Å². The van der Waals surface area contributed by atoms with Crippen molar-refractivity contribution in [2.75, 3.05) is 13.7 Å². The minimum atomic E-state index is -1.33. The molecular formula is C19H18BrNO4. The average Bonchev–Trinajstić information content (AvgIpc) is 3.05. The highest BCUT2D eigenvalue weighted by Gasteiger charge is 2.28. The van der Waals surface area contributed by atoms with Gasteiger partial charge in [-0.25, -0.2) is 0 Å². The maximum absolute atomic E-state index is 12.4. The number of para-hydroxylation sites is 1. The van der Waals surface area contributed by atoms with E-state index in [0.717, 1.165) is 5.39 Å². The molecule has 0 bridgehead atoms. The van der Waals surface area contributed by atoms with Gasteiger partial charge in [0, 0.05) is 9.86 Å². The van der Waals surface area contributed by atoms with Crippen LogP contribution in [0.2, 0.25) is 0 Å². The number of methoxy groups -OCH3 is 1. The lowest BCUT2D eigenvalue weighted by Crippen LogP contribution is -2.38. The lowest BCUT2D eigenvalue weighted by Gasteiger charge is -2.21. The Hall–Kier alpha value is -2.31. The maximum atomic E-state index is 12.4. The van der Waals surface area contributed by atoms with Crippen LogP contribution in [0.4, 0.5) is 0 Å². The molecule has 1 aromatic heterocycles. The fraction of sp³-hybridized carbons (Fsp3) is 0.211. The molecule has 0 saturated heterocycles. The zero-order valence-corrected chi connectivity index (χ0v) is 15.5. The van der Waals surface area contributed by atoms with E-state index >= 15 is 0 Å². The zero-order chi connectivity index (χ0) is 18.0. The van der Waals surface area contributed by atoms with Crippen LogP contribution >= 0.6 is 15.9 Å². The second-order valence-corrected chi connectivity index (χ2v) is 6.81. The third-order valence-electron chi connectivity index (χ3n) is 3.97. The summed E-state index contributed by atoms with van der Waals surface area (Å²) in [7, 11) is 1.54. The molecule has 130 valence electrons. The number of amides is 1. The highest BCUT2D eigenvalue weighted by Crippen LogP contribution is 2.28. The molecule has 0 aliphatic rings. The lowest BCUT2D eigenvalue weighted by atomic mass is 10.0. The monoisotopic (exact) mass is 403 g/mol. The lowest BCUT2D eigenvalue weighted by molar-refractivity contribution is 0.0344. The number of rotatable bonds is 5. The summed E-state index contributed by atoms with van der Waals surface area (Å²) in [5.41, 5.74) is -0.209. The molecule has 2 aromatic carbocycles. The highest BCUT2D eigenvalue weighted by atomic mass is 79.9. The van der Waals surface area contributed by atoms with Crippen LogP contribution in [0, 0.1) is 0 Å². The number of hydrogen-bond donors (Lipinski definition) is 2. The van der Waals surface area contributed by atoms with Crippen LogP contribution in [0.5, 0.6) is 5.75 Å². The summed E-state index contributed by atoms with van der Waals surface area (Å²) >= 11 is 3.35. The molecule has 1 heterocycles. The van der Waals surface area contributed by atoms with E-state index < -0.39 is 5.60 Å². The Bertz CT molecular complexity index is 884. The van der Waals surface area contributed by atoms with Gasteiger partial charge >= 0.3 is 0 Å². The van der Waals surface area contributed by atoms with Gasteiger partial charge in [-0.05, 0) is 53.2 Å². The van der Waals surface area contributed by atoms with E-state index in [9.17, 15) is 9.90 Å². The number of benzene rings is 2. The van der Waals surface area contributed by atoms with Crippen molar-refractivity contribution >= 4 is 32.8 Å². The average molecular weight is 404 g/mol. The number of carbonyl (C=O) groups excluding carboxylic acids is 1. The number of carbonyl (C=O) groups is 1. The van der Waals surface area contributed by atoms with Crippen molar-refractivity contribution in [2.45, 2.75) is 12.5 Å². The van der Waals surface area contributed by atoms with E-state index in [2.05, 4.69) is 21.2 Å². The molecule has 3 rings (SSSR count). The summed E-state index contributed by atoms with van der Waals surface area (Å²) in [6.07, 6.45) is 0. The Morgan fingerprint density at radius 1 is 1.28 bits per heavy atom. The van der Waals surface area contributed by atoms with Crippen molar-refractivity contribution in [2.24, 2.45) is 0 Å². The number of furan rings is 1. The minimum Gasteiger partial charge on any atom is -0.497 e. The van der Waals surface area contributed by atoms with Crippen LogP contribution in [-0.2, 0) is 5.60 Å². The predicted octanol–water partition coefficient (Wildman–Crippen LogP) is 3.84. The number of nitrogens with one attached hydrogen (secondary N) is 1. The van der Waals surface area contributed by atoms with Crippen molar-refractivity contribution < 1.29 is 19.1 Å². The number of aliphatic hydroxyl groups is 1. The molecule has 0 aliphatic carbocycles. The summed E-state index contributed by atoms with van der Waals surface area (Å²) in [6.45, 7) is 1.61. The van der Waals surface area contributed by atoms with Crippen molar-refractivity contribution in [3.05, 3.63) is 64.3 Å². The van der Waals surface area contributed by atoms with Gasteiger partial charge in [-0.15, -0.1) is 0 Å². The fourth-order valence-electron chi connectivity index (χ4n) is 2.49. The minimum absolute atomic E-state index is 0.00923. The summed E-state index contributed by atoms with van der Waals surface area (Å²) in [4.78, 5) is 12.4. The Labute approximate surface area is 153 Å². The first-order chi connectivity index (χ1) is 11.9. The molecule has 3 aromatic rings. The van der Waals surface area contributed by atoms with Crippen molar-refractivity contribution in [3.63, 3.8) is 0 Å². The molecule has 0 spiro atoms. The molecule has 0 saturated carbocycles. The zero-order valence-electron chi connectivity index (χ0n) is 13.9. The number of halogens is 1. The van der Waals surface area contributed by atoms with Gasteiger partial charge in [0.05, 0.1) is 19.2 Å². The molecular weight excluding hydrogens is 386 g/mol. The van der Waals surface area contributed by atoms with Crippen LogP contribution < -0.4 is 10.1 Å². The van der Waals surface area contributed by atoms with E-state index in [1.165, 1.54) is 7.11 Å². The van der Waals surface area contributed by atoms with Crippen LogP contribution in [0.25, 0.3) is 11.0 Å². The third kappa shape index (κ3) is 3.70. The summed E-state index contributed by atoms with van der Waals surface area (Å²) in [5, 5.41) is 14.3. The first-order valence-electron chi connectivity index (χ1n) is 7.74. The van der Waals surface area contributed by atoms with E-state index in [-0.39, 0.29) is 12.5 Å².